The number of hydrogen-bond donors (Lipinski definition) is 3. The van der Waals surface area contributed by atoms with Crippen LogP contribution in [0, 0.1) is 0 Å². The molecule has 16 heavy (non-hydrogen) atoms. The third-order valence-electron chi connectivity index (χ3n) is 2.67. The molecule has 0 heterocycles. The summed E-state index contributed by atoms with van der Waals surface area (Å²) >= 11 is 5.69. The highest BCUT2D eigenvalue weighted by molar-refractivity contribution is 6.32. The van der Waals surface area contributed by atoms with Crippen molar-refractivity contribution >= 4 is 17.7 Å². The number of aromatic hydroxyl groups is 1. The van der Waals surface area contributed by atoms with Crippen LogP contribution in [0.1, 0.15) is 25.8 Å². The van der Waals surface area contributed by atoms with E-state index in [1.165, 1.54) is 6.07 Å². The summed E-state index contributed by atoms with van der Waals surface area (Å²) in [4.78, 5) is 10.7. The fourth-order valence-corrected chi connectivity index (χ4v) is 1.57. The summed E-state index contributed by atoms with van der Waals surface area (Å²) < 4.78 is 0. The van der Waals surface area contributed by atoms with Gasteiger partial charge in [0, 0.05) is 0 Å². The van der Waals surface area contributed by atoms with E-state index in [0.29, 0.717) is 12.0 Å². The summed E-state index contributed by atoms with van der Waals surface area (Å²) in [6, 6.07) is 4.72. The summed E-state index contributed by atoms with van der Waals surface area (Å²) in [6.45, 7) is 3.62. The van der Waals surface area contributed by atoms with Crippen molar-refractivity contribution in [2.24, 2.45) is 0 Å². The van der Waals surface area contributed by atoms with Crippen LogP contribution in [0.3, 0.4) is 0 Å². The number of rotatable bonds is 3. The molecule has 0 bridgehead atoms. The Morgan fingerprint density at radius 2 is 2.19 bits per heavy atom. The number of benzene rings is 1. The normalized spacial score (nSPS) is 14.2. The molecule has 0 aliphatic heterocycles. The second-order valence-electron chi connectivity index (χ2n) is 3.78. The van der Waals surface area contributed by atoms with E-state index in [1.807, 2.05) is 6.92 Å². The molecular formula is C11H14ClNO3. The second kappa shape index (κ2) is 4.61. The van der Waals surface area contributed by atoms with Gasteiger partial charge in [-0.15, -0.1) is 0 Å². The van der Waals surface area contributed by atoms with E-state index < -0.39 is 11.6 Å². The predicted octanol–water partition coefficient (Wildman–Crippen LogP) is 2.94. The molecule has 0 fully saturated rings. The molecule has 5 heteroatoms. The van der Waals surface area contributed by atoms with Crippen LogP contribution in [-0.4, -0.2) is 16.3 Å². The second-order valence-corrected chi connectivity index (χ2v) is 4.19. The molecule has 4 nitrogen and oxygen atoms in total. The van der Waals surface area contributed by atoms with Crippen molar-refractivity contribution in [3.05, 3.63) is 28.8 Å². The minimum atomic E-state index is -1.10. The highest BCUT2D eigenvalue weighted by Crippen LogP contribution is 2.31. The van der Waals surface area contributed by atoms with E-state index >= 15 is 0 Å². The number of carboxylic acid groups (broad SMARTS) is 1. The predicted molar refractivity (Wildman–Crippen MR) is 61.9 cm³/mol. The minimum absolute atomic E-state index is 0.0500. The summed E-state index contributed by atoms with van der Waals surface area (Å²) in [7, 11) is 0. The van der Waals surface area contributed by atoms with E-state index in [2.05, 4.69) is 5.32 Å². The first-order valence-corrected chi connectivity index (χ1v) is 5.27. The molecule has 0 saturated carbocycles. The van der Waals surface area contributed by atoms with Gasteiger partial charge < -0.3 is 15.5 Å². The van der Waals surface area contributed by atoms with E-state index in [-0.39, 0.29) is 10.8 Å². The van der Waals surface area contributed by atoms with Crippen molar-refractivity contribution in [3.8, 4) is 5.75 Å². The molecule has 0 radical (unpaired) electrons. The number of hydrogen-bond acceptors (Lipinski definition) is 2. The number of carbonyl (C=O) groups is 1. The molecule has 1 amide bonds. The standard InChI is InChI=1S/C11H14ClNO3/c1-3-11(2,13-10(15)16)7-4-5-8(12)9(14)6-7/h4-6,13-14H,3H2,1-2H3,(H,15,16)/t11-/m0/s1. The Hall–Kier alpha value is -1.42. The van der Waals surface area contributed by atoms with Gasteiger partial charge in [-0.3, -0.25) is 0 Å². The lowest BCUT2D eigenvalue weighted by Gasteiger charge is -2.28. The van der Waals surface area contributed by atoms with Gasteiger partial charge in [0.2, 0.25) is 0 Å². The number of phenolic OH excluding ortho intramolecular Hbond substituents is 1. The van der Waals surface area contributed by atoms with E-state index in [0.717, 1.165) is 0 Å². The zero-order valence-electron chi connectivity index (χ0n) is 9.12. The first-order valence-electron chi connectivity index (χ1n) is 4.89. The van der Waals surface area contributed by atoms with Crippen LogP contribution in [0.4, 0.5) is 4.79 Å². The Labute approximate surface area is 98.9 Å². The molecule has 0 aliphatic rings. The summed E-state index contributed by atoms with van der Waals surface area (Å²) in [5, 5.41) is 20.9. The van der Waals surface area contributed by atoms with Crippen molar-refractivity contribution < 1.29 is 15.0 Å². The lowest BCUT2D eigenvalue weighted by atomic mass is 9.89. The first kappa shape index (κ1) is 12.6. The van der Waals surface area contributed by atoms with Gasteiger partial charge in [-0.25, -0.2) is 4.79 Å². The van der Waals surface area contributed by atoms with Gasteiger partial charge in [0.15, 0.2) is 0 Å². The topological polar surface area (TPSA) is 69.6 Å². The average molecular weight is 244 g/mol. The molecule has 88 valence electrons. The highest BCUT2D eigenvalue weighted by Gasteiger charge is 2.27. The molecule has 0 aliphatic carbocycles. The molecule has 1 rings (SSSR count). The maximum Gasteiger partial charge on any atom is 0.405 e. The minimum Gasteiger partial charge on any atom is -0.506 e. The molecule has 1 atom stereocenters. The van der Waals surface area contributed by atoms with Crippen LogP contribution < -0.4 is 5.32 Å². The van der Waals surface area contributed by atoms with Crippen molar-refractivity contribution in [3.63, 3.8) is 0 Å². The Bertz CT molecular complexity index is 408. The molecule has 0 aromatic heterocycles. The molecule has 0 spiro atoms. The molecule has 0 unspecified atom stereocenters. The molecule has 1 aromatic carbocycles. The number of halogens is 1. The van der Waals surface area contributed by atoms with E-state index in [9.17, 15) is 9.90 Å². The Balaban J connectivity index is 3.12. The SMILES string of the molecule is CC[C@](C)(NC(=O)O)c1ccc(Cl)c(O)c1. The fraction of sp³-hybridized carbons (Fsp3) is 0.364. The summed E-state index contributed by atoms with van der Waals surface area (Å²) in [5.74, 6) is -0.0500. The van der Waals surface area contributed by atoms with Crippen LogP contribution in [0.15, 0.2) is 18.2 Å². The van der Waals surface area contributed by atoms with Crippen molar-refractivity contribution in [2.75, 3.05) is 0 Å². The Kier molecular flexibility index (Phi) is 3.65. The van der Waals surface area contributed by atoms with Gasteiger partial charge in [-0.05, 0) is 31.0 Å². The molecule has 0 saturated heterocycles. The zero-order valence-corrected chi connectivity index (χ0v) is 9.88. The van der Waals surface area contributed by atoms with Crippen molar-refractivity contribution in [1.29, 1.82) is 0 Å². The highest BCUT2D eigenvalue weighted by atomic mass is 35.5. The van der Waals surface area contributed by atoms with Crippen LogP contribution in [0.2, 0.25) is 5.02 Å². The Morgan fingerprint density at radius 1 is 1.56 bits per heavy atom. The van der Waals surface area contributed by atoms with Gasteiger partial charge in [0.25, 0.3) is 0 Å². The number of phenols is 1. The lowest BCUT2D eigenvalue weighted by molar-refractivity contribution is 0.178. The van der Waals surface area contributed by atoms with Gasteiger partial charge in [0.05, 0.1) is 10.6 Å². The lowest BCUT2D eigenvalue weighted by Crippen LogP contribution is -2.42. The Morgan fingerprint density at radius 3 is 2.62 bits per heavy atom. The van der Waals surface area contributed by atoms with Crippen molar-refractivity contribution in [1.82, 2.24) is 5.32 Å². The summed E-state index contributed by atoms with van der Waals surface area (Å²) in [6.07, 6.45) is -0.529. The maximum absolute atomic E-state index is 10.7. The maximum atomic E-state index is 10.7. The average Bonchev–Trinajstić information content (AvgIpc) is 2.21. The summed E-state index contributed by atoms with van der Waals surface area (Å²) in [5.41, 5.74) is -0.0484. The van der Waals surface area contributed by atoms with Gasteiger partial charge in [0.1, 0.15) is 5.75 Å². The van der Waals surface area contributed by atoms with Crippen LogP contribution >= 0.6 is 11.6 Å². The largest absolute Gasteiger partial charge is 0.506 e. The van der Waals surface area contributed by atoms with E-state index in [1.54, 1.807) is 19.1 Å². The van der Waals surface area contributed by atoms with Crippen LogP contribution in [0.25, 0.3) is 0 Å². The third kappa shape index (κ3) is 2.58. The first-order chi connectivity index (χ1) is 7.39. The molecular weight excluding hydrogens is 230 g/mol. The third-order valence-corrected chi connectivity index (χ3v) is 2.99. The van der Waals surface area contributed by atoms with Gasteiger partial charge in [-0.1, -0.05) is 24.6 Å². The van der Waals surface area contributed by atoms with Crippen LogP contribution in [0.5, 0.6) is 5.75 Å². The number of nitrogens with one attached hydrogen (secondary N) is 1. The van der Waals surface area contributed by atoms with Crippen LogP contribution in [-0.2, 0) is 5.54 Å². The quantitative estimate of drug-likeness (QED) is 0.765. The monoisotopic (exact) mass is 243 g/mol. The van der Waals surface area contributed by atoms with Gasteiger partial charge in [-0.2, -0.15) is 0 Å². The van der Waals surface area contributed by atoms with Gasteiger partial charge >= 0.3 is 6.09 Å². The number of amides is 1. The molecule has 3 N–H and O–H groups in total. The fourth-order valence-electron chi connectivity index (χ4n) is 1.46. The van der Waals surface area contributed by atoms with Crippen molar-refractivity contribution in [2.45, 2.75) is 25.8 Å². The smallest absolute Gasteiger partial charge is 0.405 e. The van der Waals surface area contributed by atoms with E-state index in [4.69, 9.17) is 16.7 Å². The zero-order chi connectivity index (χ0) is 12.3. The molecule has 1 aromatic rings.